The minimum atomic E-state index is -1.60. The molecule has 1 aliphatic rings. The summed E-state index contributed by atoms with van der Waals surface area (Å²) in [4.78, 5) is 38.6. The Labute approximate surface area is 168 Å². The zero-order valence-electron chi connectivity index (χ0n) is 16.2. The number of primary amides is 1. The number of rotatable bonds is 6. The molecule has 2 amide bonds. The molecule has 30 heavy (non-hydrogen) atoms. The van der Waals surface area contributed by atoms with E-state index in [4.69, 9.17) is 10.5 Å². The van der Waals surface area contributed by atoms with Gasteiger partial charge < -0.3 is 36.0 Å². The lowest BCUT2D eigenvalue weighted by Crippen LogP contribution is -2.37. The molecule has 0 saturated carbocycles. The summed E-state index contributed by atoms with van der Waals surface area (Å²) in [7, 11) is 3.58. The van der Waals surface area contributed by atoms with Crippen LogP contribution in [-0.4, -0.2) is 102 Å². The third-order valence-electron chi connectivity index (χ3n) is 4.52. The minimum Gasteiger partial charge on any atom is -0.394 e. The van der Waals surface area contributed by atoms with Crippen LogP contribution in [0.2, 0.25) is 0 Å². The van der Waals surface area contributed by atoms with Crippen LogP contribution >= 0.6 is 0 Å². The largest absolute Gasteiger partial charge is 0.394 e. The van der Waals surface area contributed by atoms with Crippen molar-refractivity contribution >= 4 is 28.8 Å². The second kappa shape index (κ2) is 8.41. The van der Waals surface area contributed by atoms with Gasteiger partial charge in [0.1, 0.15) is 18.3 Å². The number of nitrogens with two attached hydrogens (primary N) is 1. The van der Waals surface area contributed by atoms with E-state index in [1.54, 1.807) is 19.0 Å². The van der Waals surface area contributed by atoms with Gasteiger partial charge in [0, 0.05) is 13.0 Å². The van der Waals surface area contributed by atoms with E-state index in [2.05, 4.69) is 20.7 Å². The van der Waals surface area contributed by atoms with Crippen molar-refractivity contribution in [1.29, 1.82) is 0 Å². The highest BCUT2D eigenvalue weighted by atomic mass is 16.6. The van der Waals surface area contributed by atoms with Crippen LogP contribution in [0.15, 0.2) is 4.79 Å². The Morgan fingerprint density at radius 3 is 2.57 bits per heavy atom. The van der Waals surface area contributed by atoms with Crippen molar-refractivity contribution in [3.05, 3.63) is 10.4 Å². The van der Waals surface area contributed by atoms with Gasteiger partial charge in [0.15, 0.2) is 23.1 Å². The van der Waals surface area contributed by atoms with Crippen molar-refractivity contribution in [2.45, 2.75) is 31.0 Å². The Morgan fingerprint density at radius 2 is 2.00 bits per heavy atom. The van der Waals surface area contributed by atoms with Crippen LogP contribution in [0, 0.1) is 0 Å². The molecule has 3 rings (SSSR count). The summed E-state index contributed by atoms with van der Waals surface area (Å²) < 4.78 is 6.42. The highest BCUT2D eigenvalue weighted by molar-refractivity contribution is 6.00. The molecule has 4 atom stereocenters. The average Bonchev–Trinajstić information content (AvgIpc) is 3.19. The molecule has 1 fully saturated rings. The fourth-order valence-corrected chi connectivity index (χ4v) is 2.95. The first kappa shape index (κ1) is 21.7. The molecule has 0 bridgehead atoms. The Kier molecular flexibility index (Phi) is 6.09. The van der Waals surface area contributed by atoms with E-state index >= 15 is 0 Å². The van der Waals surface area contributed by atoms with E-state index in [1.165, 1.54) is 0 Å². The van der Waals surface area contributed by atoms with E-state index in [9.17, 15) is 29.7 Å². The number of amides is 2. The summed E-state index contributed by atoms with van der Waals surface area (Å²) in [6, 6.07) is -1.12. The van der Waals surface area contributed by atoms with Gasteiger partial charge in [0.05, 0.1) is 6.61 Å². The maximum atomic E-state index is 12.9. The zero-order chi connectivity index (χ0) is 22.2. The van der Waals surface area contributed by atoms with E-state index in [1.807, 2.05) is 0 Å². The molecular formula is C15H22N8O7. The van der Waals surface area contributed by atoms with E-state index in [0.29, 0.717) is 15.9 Å². The van der Waals surface area contributed by atoms with Gasteiger partial charge in [-0.25, -0.2) is 4.79 Å². The molecule has 15 nitrogen and oxygen atoms in total. The lowest BCUT2D eigenvalue weighted by molar-refractivity contribution is -0.116. The number of anilines is 1. The number of nitrogens with zero attached hydrogens (tertiary/aromatic N) is 6. The molecule has 2 aromatic heterocycles. The van der Waals surface area contributed by atoms with Gasteiger partial charge in [0.2, 0.25) is 5.91 Å². The molecule has 1 saturated heterocycles. The summed E-state index contributed by atoms with van der Waals surface area (Å²) in [5, 5.41) is 43.0. The van der Waals surface area contributed by atoms with Crippen LogP contribution in [0.5, 0.6) is 0 Å². The standard InChI is InChI=1S/C15H22N8O7/c1-21(2)4-3-7(25)17-12-8-9(22(19-12)15(16)29)13(28)23(20-18-8)14-11(27)10(26)6(5-24)30-14/h6,10-11,14,24,26-27H,3-5H2,1-2H3,(H2,16,29)(H,17,19,25). The Bertz CT molecular complexity index is 1020. The summed E-state index contributed by atoms with van der Waals surface area (Å²) >= 11 is 0. The quantitative estimate of drug-likeness (QED) is 0.305. The van der Waals surface area contributed by atoms with Crippen LogP contribution in [0.25, 0.3) is 11.0 Å². The van der Waals surface area contributed by atoms with Crippen molar-refractivity contribution in [3.8, 4) is 0 Å². The van der Waals surface area contributed by atoms with Crippen LogP contribution in [0.4, 0.5) is 10.6 Å². The molecule has 0 spiro atoms. The van der Waals surface area contributed by atoms with Gasteiger partial charge >= 0.3 is 6.03 Å². The number of aromatic nitrogens is 5. The number of aliphatic hydroxyl groups is 3. The second-order valence-electron chi connectivity index (χ2n) is 6.97. The Hall–Kier alpha value is -2.98. The number of carbonyl (C=O) groups is 2. The lowest BCUT2D eigenvalue weighted by Gasteiger charge is -2.15. The van der Waals surface area contributed by atoms with Crippen LogP contribution < -0.4 is 16.6 Å². The monoisotopic (exact) mass is 426 g/mol. The number of nitrogens with one attached hydrogen (secondary N) is 1. The molecule has 0 aromatic carbocycles. The molecule has 1 aliphatic heterocycles. The number of hydrogen-bond donors (Lipinski definition) is 5. The molecule has 6 N–H and O–H groups in total. The Morgan fingerprint density at radius 1 is 1.30 bits per heavy atom. The number of aliphatic hydroxyl groups excluding tert-OH is 3. The van der Waals surface area contributed by atoms with Crippen molar-refractivity contribution in [3.63, 3.8) is 0 Å². The second-order valence-corrected chi connectivity index (χ2v) is 6.97. The summed E-state index contributed by atoms with van der Waals surface area (Å²) in [6.07, 6.45) is -5.58. The smallest absolute Gasteiger partial charge is 0.340 e. The van der Waals surface area contributed by atoms with Gasteiger partial charge in [-0.1, -0.05) is 5.21 Å². The van der Waals surface area contributed by atoms with Crippen molar-refractivity contribution in [2.75, 3.05) is 32.6 Å². The third kappa shape index (κ3) is 3.88. The number of ether oxygens (including phenoxy) is 1. The molecule has 15 heteroatoms. The maximum Gasteiger partial charge on any atom is 0.340 e. The molecular weight excluding hydrogens is 404 g/mol. The minimum absolute atomic E-state index is 0.116. The molecule has 164 valence electrons. The predicted molar refractivity (Wildman–Crippen MR) is 99.4 cm³/mol. The summed E-state index contributed by atoms with van der Waals surface area (Å²) in [5.41, 5.74) is 3.72. The van der Waals surface area contributed by atoms with E-state index < -0.39 is 54.2 Å². The fraction of sp³-hybridized carbons (Fsp3) is 0.600. The molecule has 3 heterocycles. The van der Waals surface area contributed by atoms with Gasteiger partial charge in [0.25, 0.3) is 5.56 Å². The first-order chi connectivity index (χ1) is 14.1. The predicted octanol–water partition coefficient (Wildman–Crippen LogP) is -3.58. The highest BCUT2D eigenvalue weighted by Gasteiger charge is 2.45. The summed E-state index contributed by atoms with van der Waals surface area (Å²) in [5.74, 6) is -0.625. The van der Waals surface area contributed by atoms with Gasteiger partial charge in [-0.05, 0) is 14.1 Å². The maximum absolute atomic E-state index is 12.9. The van der Waals surface area contributed by atoms with Crippen molar-refractivity contribution < 1.29 is 29.6 Å². The van der Waals surface area contributed by atoms with Crippen molar-refractivity contribution in [2.24, 2.45) is 5.73 Å². The lowest BCUT2D eigenvalue weighted by atomic mass is 10.1. The zero-order valence-corrected chi connectivity index (χ0v) is 16.2. The van der Waals surface area contributed by atoms with Crippen molar-refractivity contribution in [1.82, 2.24) is 29.7 Å². The topological polar surface area (TPSA) is 211 Å². The Balaban J connectivity index is 2.02. The SMILES string of the molecule is CN(C)CCC(=O)Nc1nn(C(N)=O)c2c(=O)n(C3OC(CO)C(O)C3O)nnc12. The van der Waals surface area contributed by atoms with Gasteiger partial charge in [-0.15, -0.1) is 10.2 Å². The van der Waals surface area contributed by atoms with E-state index in [0.717, 1.165) is 0 Å². The number of hydrogen-bond acceptors (Lipinski definition) is 11. The third-order valence-corrected chi connectivity index (χ3v) is 4.52. The number of carbonyl (C=O) groups excluding carboxylic acids is 2. The van der Waals surface area contributed by atoms with Gasteiger partial charge in [-0.2, -0.15) is 9.36 Å². The molecule has 0 aliphatic carbocycles. The fourth-order valence-electron chi connectivity index (χ4n) is 2.95. The first-order valence-electron chi connectivity index (χ1n) is 8.90. The normalized spacial score (nSPS) is 23.9. The number of fused-ring (bicyclic) bond motifs is 1. The molecule has 0 radical (unpaired) electrons. The summed E-state index contributed by atoms with van der Waals surface area (Å²) in [6.45, 7) is -0.161. The highest BCUT2D eigenvalue weighted by Crippen LogP contribution is 2.28. The average molecular weight is 426 g/mol. The van der Waals surface area contributed by atoms with Crippen LogP contribution in [-0.2, 0) is 9.53 Å². The molecule has 4 unspecified atom stereocenters. The molecule has 2 aromatic rings. The van der Waals surface area contributed by atoms with Crippen LogP contribution in [0.1, 0.15) is 12.6 Å². The first-order valence-corrected chi connectivity index (χ1v) is 8.90. The van der Waals surface area contributed by atoms with Gasteiger partial charge in [-0.3, -0.25) is 9.59 Å². The van der Waals surface area contributed by atoms with Crippen LogP contribution in [0.3, 0.4) is 0 Å². The van der Waals surface area contributed by atoms with E-state index in [-0.39, 0.29) is 17.8 Å².